The lowest BCUT2D eigenvalue weighted by Gasteiger charge is -2.24. The minimum Gasteiger partial charge on any atom is -0.326 e. The molecule has 0 unspecified atom stereocenters. The molecule has 0 aromatic carbocycles. The van der Waals surface area contributed by atoms with E-state index in [1.54, 1.807) is 0 Å². The molecular formula is C14H28N2. The highest BCUT2D eigenvalue weighted by atomic mass is 15.1. The molecule has 2 aliphatic rings. The van der Waals surface area contributed by atoms with Gasteiger partial charge in [-0.05, 0) is 70.8 Å². The SMILES string of the molecule is CC(C)(N)CCCN(CC1CC1)CC1CC1. The lowest BCUT2D eigenvalue weighted by Crippen LogP contribution is -2.34. The summed E-state index contributed by atoms with van der Waals surface area (Å²) < 4.78 is 0. The highest BCUT2D eigenvalue weighted by molar-refractivity contribution is 4.82. The van der Waals surface area contributed by atoms with E-state index in [4.69, 9.17) is 5.73 Å². The first-order chi connectivity index (χ1) is 7.53. The van der Waals surface area contributed by atoms with Crippen molar-refractivity contribution in [1.82, 2.24) is 4.90 Å². The van der Waals surface area contributed by atoms with Gasteiger partial charge >= 0.3 is 0 Å². The van der Waals surface area contributed by atoms with Crippen molar-refractivity contribution in [1.29, 1.82) is 0 Å². The maximum Gasteiger partial charge on any atom is 0.00975 e. The predicted molar refractivity (Wildman–Crippen MR) is 69.4 cm³/mol. The van der Waals surface area contributed by atoms with Crippen molar-refractivity contribution < 1.29 is 0 Å². The first-order valence-corrected chi connectivity index (χ1v) is 7.04. The Morgan fingerprint density at radius 2 is 1.56 bits per heavy atom. The second-order valence-electron chi connectivity index (χ2n) is 6.74. The van der Waals surface area contributed by atoms with Crippen molar-refractivity contribution in [3.63, 3.8) is 0 Å². The smallest absolute Gasteiger partial charge is 0.00975 e. The van der Waals surface area contributed by atoms with Crippen molar-refractivity contribution >= 4 is 0 Å². The van der Waals surface area contributed by atoms with Gasteiger partial charge in [-0.15, -0.1) is 0 Å². The first kappa shape index (κ1) is 12.4. The number of hydrogen-bond donors (Lipinski definition) is 1. The van der Waals surface area contributed by atoms with Crippen LogP contribution in [0.15, 0.2) is 0 Å². The Hall–Kier alpha value is -0.0800. The van der Waals surface area contributed by atoms with Crippen molar-refractivity contribution in [3.8, 4) is 0 Å². The monoisotopic (exact) mass is 224 g/mol. The maximum atomic E-state index is 6.03. The van der Waals surface area contributed by atoms with Gasteiger partial charge in [-0.2, -0.15) is 0 Å². The molecule has 0 aromatic rings. The quantitative estimate of drug-likeness (QED) is 0.687. The van der Waals surface area contributed by atoms with E-state index in [1.165, 1.54) is 51.7 Å². The molecule has 0 bridgehead atoms. The Morgan fingerprint density at radius 1 is 1.06 bits per heavy atom. The van der Waals surface area contributed by atoms with Crippen LogP contribution in [0.5, 0.6) is 0 Å². The van der Waals surface area contributed by atoms with Crippen molar-refractivity contribution in [2.24, 2.45) is 17.6 Å². The zero-order valence-corrected chi connectivity index (χ0v) is 11.0. The van der Waals surface area contributed by atoms with E-state index in [0.717, 1.165) is 18.3 Å². The molecule has 0 aliphatic heterocycles. The molecule has 0 spiro atoms. The number of rotatable bonds is 8. The van der Waals surface area contributed by atoms with Crippen molar-refractivity contribution in [3.05, 3.63) is 0 Å². The number of nitrogens with zero attached hydrogens (tertiary/aromatic N) is 1. The Kier molecular flexibility index (Phi) is 3.91. The topological polar surface area (TPSA) is 29.3 Å². The van der Waals surface area contributed by atoms with Crippen LogP contribution < -0.4 is 5.73 Å². The Labute approximate surface area is 101 Å². The zero-order valence-electron chi connectivity index (χ0n) is 11.0. The molecule has 2 saturated carbocycles. The lowest BCUT2D eigenvalue weighted by molar-refractivity contribution is 0.240. The number of nitrogens with two attached hydrogens (primary N) is 1. The first-order valence-electron chi connectivity index (χ1n) is 7.04. The summed E-state index contributed by atoms with van der Waals surface area (Å²) in [6.45, 7) is 8.27. The molecule has 2 nitrogen and oxygen atoms in total. The third-order valence-corrected chi connectivity index (χ3v) is 3.72. The summed E-state index contributed by atoms with van der Waals surface area (Å²) >= 11 is 0. The molecule has 2 rings (SSSR count). The Bertz CT molecular complexity index is 197. The van der Waals surface area contributed by atoms with E-state index in [1.807, 2.05) is 0 Å². The third-order valence-electron chi connectivity index (χ3n) is 3.72. The normalized spacial score (nSPS) is 21.8. The summed E-state index contributed by atoms with van der Waals surface area (Å²) in [6.07, 6.45) is 8.32. The summed E-state index contributed by atoms with van der Waals surface area (Å²) in [5.41, 5.74) is 6.05. The summed E-state index contributed by atoms with van der Waals surface area (Å²) in [7, 11) is 0. The molecule has 0 radical (unpaired) electrons. The van der Waals surface area contributed by atoms with Crippen LogP contribution in [0.3, 0.4) is 0 Å². The van der Waals surface area contributed by atoms with Crippen LogP contribution in [0.1, 0.15) is 52.4 Å². The molecule has 0 saturated heterocycles. The van der Waals surface area contributed by atoms with Crippen LogP contribution in [0, 0.1) is 11.8 Å². The van der Waals surface area contributed by atoms with E-state index in [0.29, 0.717) is 0 Å². The molecular weight excluding hydrogens is 196 g/mol. The Morgan fingerprint density at radius 3 is 1.94 bits per heavy atom. The summed E-state index contributed by atoms with van der Waals surface area (Å²) in [5.74, 6) is 2.06. The van der Waals surface area contributed by atoms with Gasteiger partial charge in [-0.25, -0.2) is 0 Å². The Balaban J connectivity index is 1.63. The van der Waals surface area contributed by atoms with Gasteiger partial charge in [0.15, 0.2) is 0 Å². The molecule has 0 amide bonds. The lowest BCUT2D eigenvalue weighted by atomic mass is 10.00. The van der Waals surface area contributed by atoms with E-state index < -0.39 is 0 Å². The van der Waals surface area contributed by atoms with Gasteiger partial charge in [-0.3, -0.25) is 0 Å². The van der Waals surface area contributed by atoms with Crippen molar-refractivity contribution in [2.75, 3.05) is 19.6 Å². The zero-order chi connectivity index (χ0) is 11.6. The van der Waals surface area contributed by atoms with Crippen LogP contribution in [0.4, 0.5) is 0 Å². The maximum absolute atomic E-state index is 6.03. The standard InChI is InChI=1S/C14H28N2/c1-14(2,15)8-3-9-16(10-12-4-5-12)11-13-6-7-13/h12-13H,3-11,15H2,1-2H3. The van der Waals surface area contributed by atoms with Crippen LogP contribution in [-0.4, -0.2) is 30.1 Å². The van der Waals surface area contributed by atoms with Crippen molar-refractivity contribution in [2.45, 2.75) is 57.9 Å². The molecule has 2 N–H and O–H groups in total. The molecule has 2 heteroatoms. The van der Waals surface area contributed by atoms with Gasteiger partial charge < -0.3 is 10.6 Å². The fraction of sp³-hybridized carbons (Fsp3) is 1.00. The minimum absolute atomic E-state index is 0.0187. The van der Waals surface area contributed by atoms with Gasteiger partial charge in [0, 0.05) is 18.6 Å². The molecule has 0 atom stereocenters. The van der Waals surface area contributed by atoms with Gasteiger partial charge in [0.1, 0.15) is 0 Å². The van der Waals surface area contributed by atoms with Gasteiger partial charge in [0.05, 0.1) is 0 Å². The molecule has 0 aromatic heterocycles. The second kappa shape index (κ2) is 5.05. The highest BCUT2D eigenvalue weighted by Gasteiger charge is 2.28. The predicted octanol–water partition coefficient (Wildman–Crippen LogP) is 2.63. The van der Waals surface area contributed by atoms with E-state index in [9.17, 15) is 0 Å². The third kappa shape index (κ3) is 5.31. The summed E-state index contributed by atoms with van der Waals surface area (Å²) in [6, 6.07) is 0. The van der Waals surface area contributed by atoms with Gasteiger partial charge in [0.25, 0.3) is 0 Å². The fourth-order valence-electron chi connectivity index (χ4n) is 2.35. The summed E-state index contributed by atoms with van der Waals surface area (Å²) in [4.78, 5) is 2.71. The molecule has 0 heterocycles. The van der Waals surface area contributed by atoms with Gasteiger partial charge in [-0.1, -0.05) is 0 Å². The average Bonchev–Trinajstić information content (AvgIpc) is 2.96. The summed E-state index contributed by atoms with van der Waals surface area (Å²) in [5, 5.41) is 0. The fourth-order valence-corrected chi connectivity index (χ4v) is 2.35. The van der Waals surface area contributed by atoms with Crippen LogP contribution in [0.2, 0.25) is 0 Å². The van der Waals surface area contributed by atoms with E-state index >= 15 is 0 Å². The van der Waals surface area contributed by atoms with Gasteiger partial charge in [0.2, 0.25) is 0 Å². The minimum atomic E-state index is 0.0187. The second-order valence-corrected chi connectivity index (χ2v) is 6.74. The number of hydrogen-bond acceptors (Lipinski definition) is 2. The molecule has 2 fully saturated rings. The highest BCUT2D eigenvalue weighted by Crippen LogP contribution is 2.33. The largest absolute Gasteiger partial charge is 0.326 e. The van der Waals surface area contributed by atoms with E-state index in [-0.39, 0.29) is 5.54 Å². The van der Waals surface area contributed by atoms with Crippen LogP contribution >= 0.6 is 0 Å². The van der Waals surface area contributed by atoms with Crippen LogP contribution in [0.25, 0.3) is 0 Å². The average molecular weight is 224 g/mol. The molecule has 2 aliphatic carbocycles. The van der Waals surface area contributed by atoms with E-state index in [2.05, 4.69) is 18.7 Å². The molecule has 16 heavy (non-hydrogen) atoms. The molecule has 94 valence electrons. The van der Waals surface area contributed by atoms with Crippen LogP contribution in [-0.2, 0) is 0 Å².